The second kappa shape index (κ2) is 8.02. The van der Waals surface area contributed by atoms with Crippen molar-refractivity contribution >= 4 is 0 Å². The van der Waals surface area contributed by atoms with Crippen molar-refractivity contribution in [2.45, 2.75) is 39.8 Å². The van der Waals surface area contributed by atoms with Gasteiger partial charge in [-0.1, -0.05) is 24.3 Å². The molecule has 2 aromatic rings. The molecule has 0 aliphatic rings. The zero-order valence-electron chi connectivity index (χ0n) is 15.1. The number of hydrogen-bond acceptors (Lipinski definition) is 2. The summed E-state index contributed by atoms with van der Waals surface area (Å²) < 4.78 is 41.4. The summed E-state index contributed by atoms with van der Waals surface area (Å²) in [5, 5.41) is 6.70. The van der Waals surface area contributed by atoms with E-state index in [0.717, 1.165) is 24.7 Å². The van der Waals surface area contributed by atoms with Crippen LogP contribution in [0.2, 0.25) is 0 Å². The Balaban J connectivity index is 1.99. The normalized spacial score (nSPS) is 11.8. The predicted molar refractivity (Wildman–Crippen MR) is 96.0 cm³/mol. The summed E-state index contributed by atoms with van der Waals surface area (Å²) in [6.07, 6.45) is 0. The van der Waals surface area contributed by atoms with E-state index in [4.69, 9.17) is 0 Å². The zero-order chi connectivity index (χ0) is 18.6. The van der Waals surface area contributed by atoms with Crippen LogP contribution in [0.25, 0.3) is 11.1 Å². The molecule has 136 valence electrons. The van der Waals surface area contributed by atoms with E-state index in [1.165, 1.54) is 6.92 Å². The van der Waals surface area contributed by atoms with Crippen LogP contribution in [0, 0.1) is 24.4 Å². The summed E-state index contributed by atoms with van der Waals surface area (Å²) in [7, 11) is 0. The minimum Gasteiger partial charge on any atom is -0.311 e. The van der Waals surface area contributed by atoms with Crippen LogP contribution in [0.3, 0.4) is 0 Å². The van der Waals surface area contributed by atoms with Gasteiger partial charge in [0.25, 0.3) is 0 Å². The Hall–Kier alpha value is -1.85. The highest BCUT2D eigenvalue weighted by Crippen LogP contribution is 2.28. The third kappa shape index (κ3) is 5.31. The van der Waals surface area contributed by atoms with Gasteiger partial charge in [-0.25, -0.2) is 13.2 Å². The van der Waals surface area contributed by atoms with Crippen LogP contribution in [0.5, 0.6) is 0 Å². The molecule has 0 amide bonds. The molecule has 0 bridgehead atoms. The highest BCUT2D eigenvalue weighted by atomic mass is 19.2. The van der Waals surface area contributed by atoms with Crippen molar-refractivity contribution < 1.29 is 13.2 Å². The number of rotatable bonds is 6. The highest BCUT2D eigenvalue weighted by molar-refractivity contribution is 5.65. The first-order chi connectivity index (χ1) is 11.7. The molecule has 0 radical (unpaired) electrons. The Kier molecular flexibility index (Phi) is 6.25. The average Bonchev–Trinajstić information content (AvgIpc) is 2.55. The molecule has 25 heavy (non-hydrogen) atoms. The summed E-state index contributed by atoms with van der Waals surface area (Å²) >= 11 is 0. The predicted octanol–water partition coefficient (Wildman–Crippen LogP) is 4.56. The van der Waals surface area contributed by atoms with E-state index in [1.807, 2.05) is 12.1 Å². The summed E-state index contributed by atoms with van der Waals surface area (Å²) in [5.74, 6) is -2.89. The molecular weight excluding hydrogens is 325 g/mol. The molecule has 0 fully saturated rings. The smallest absolute Gasteiger partial charge is 0.167 e. The van der Waals surface area contributed by atoms with Crippen molar-refractivity contribution in [1.29, 1.82) is 0 Å². The van der Waals surface area contributed by atoms with Gasteiger partial charge in [0, 0.05) is 36.3 Å². The zero-order valence-corrected chi connectivity index (χ0v) is 15.1. The molecule has 0 heterocycles. The fraction of sp³-hybridized carbons (Fsp3) is 0.400. The molecule has 0 saturated carbocycles. The van der Waals surface area contributed by atoms with Crippen LogP contribution in [0.4, 0.5) is 13.2 Å². The largest absolute Gasteiger partial charge is 0.311 e. The van der Waals surface area contributed by atoms with E-state index in [-0.39, 0.29) is 16.7 Å². The first-order valence-corrected chi connectivity index (χ1v) is 8.38. The highest BCUT2D eigenvalue weighted by Gasteiger charge is 2.16. The van der Waals surface area contributed by atoms with Gasteiger partial charge in [0.2, 0.25) is 0 Å². The van der Waals surface area contributed by atoms with Crippen molar-refractivity contribution in [1.82, 2.24) is 10.6 Å². The summed E-state index contributed by atoms with van der Waals surface area (Å²) in [6, 6.07) is 8.05. The van der Waals surface area contributed by atoms with E-state index in [0.29, 0.717) is 12.1 Å². The Labute approximate surface area is 147 Å². The molecule has 0 spiro atoms. The van der Waals surface area contributed by atoms with E-state index < -0.39 is 17.5 Å². The van der Waals surface area contributed by atoms with E-state index in [2.05, 4.69) is 31.4 Å². The molecule has 2 rings (SSSR count). The summed E-state index contributed by atoms with van der Waals surface area (Å²) in [6.45, 7) is 9.91. The average molecular weight is 350 g/mol. The molecule has 5 heteroatoms. The molecule has 0 aliphatic heterocycles. The minimum absolute atomic E-state index is 0.0607. The Morgan fingerprint density at radius 1 is 0.920 bits per heavy atom. The van der Waals surface area contributed by atoms with Crippen LogP contribution in [0.15, 0.2) is 30.3 Å². The van der Waals surface area contributed by atoms with E-state index >= 15 is 0 Å². The maximum absolute atomic E-state index is 14.1. The standard InChI is InChI=1S/C20H25F3N2/c1-13-17(21)11-16(19(23)18(13)22)15-7-5-14(6-8-15)12-24-9-10-25-20(2,3)4/h5-8,11,24-25H,9-10,12H2,1-4H3. The van der Waals surface area contributed by atoms with Crippen molar-refractivity contribution in [3.63, 3.8) is 0 Å². The van der Waals surface area contributed by atoms with E-state index in [9.17, 15) is 13.2 Å². The molecule has 2 aromatic carbocycles. The number of hydrogen-bond donors (Lipinski definition) is 2. The molecule has 0 aliphatic carbocycles. The second-order valence-corrected chi connectivity index (χ2v) is 7.21. The fourth-order valence-corrected chi connectivity index (χ4v) is 2.46. The van der Waals surface area contributed by atoms with Crippen molar-refractivity contribution in [2.24, 2.45) is 0 Å². The van der Waals surface area contributed by atoms with E-state index in [1.54, 1.807) is 12.1 Å². The van der Waals surface area contributed by atoms with Crippen molar-refractivity contribution in [3.05, 3.63) is 58.9 Å². The monoisotopic (exact) mass is 350 g/mol. The summed E-state index contributed by atoms with van der Waals surface area (Å²) in [5.41, 5.74) is 1.20. The SMILES string of the molecule is Cc1c(F)cc(-c2ccc(CNCCNC(C)(C)C)cc2)c(F)c1F. The third-order valence-electron chi connectivity index (χ3n) is 3.94. The molecule has 2 N–H and O–H groups in total. The minimum atomic E-state index is -1.13. The van der Waals surface area contributed by atoms with Gasteiger partial charge in [0.1, 0.15) is 5.82 Å². The summed E-state index contributed by atoms with van der Waals surface area (Å²) in [4.78, 5) is 0. The number of halogens is 3. The quantitative estimate of drug-likeness (QED) is 0.590. The molecule has 0 unspecified atom stereocenters. The third-order valence-corrected chi connectivity index (χ3v) is 3.94. The maximum Gasteiger partial charge on any atom is 0.167 e. The van der Waals surface area contributed by atoms with Gasteiger partial charge >= 0.3 is 0 Å². The van der Waals surface area contributed by atoms with Gasteiger partial charge in [-0.3, -0.25) is 0 Å². The molecular formula is C20H25F3N2. The van der Waals surface area contributed by atoms with Gasteiger partial charge in [-0.15, -0.1) is 0 Å². The lowest BCUT2D eigenvalue weighted by Gasteiger charge is -2.20. The van der Waals surface area contributed by atoms with Crippen molar-refractivity contribution in [3.8, 4) is 11.1 Å². The van der Waals surface area contributed by atoms with Crippen LogP contribution < -0.4 is 10.6 Å². The fourth-order valence-electron chi connectivity index (χ4n) is 2.46. The van der Waals surface area contributed by atoms with Gasteiger partial charge in [-0.2, -0.15) is 0 Å². The van der Waals surface area contributed by atoms with Crippen LogP contribution >= 0.6 is 0 Å². The Bertz CT molecular complexity index is 719. The first-order valence-electron chi connectivity index (χ1n) is 8.38. The van der Waals surface area contributed by atoms with Crippen LogP contribution in [0.1, 0.15) is 31.9 Å². The molecule has 0 aromatic heterocycles. The van der Waals surface area contributed by atoms with Gasteiger partial charge in [-0.05, 0) is 44.9 Å². The number of nitrogens with one attached hydrogen (secondary N) is 2. The molecule has 0 atom stereocenters. The lowest BCUT2D eigenvalue weighted by atomic mass is 10.0. The lowest BCUT2D eigenvalue weighted by molar-refractivity contribution is 0.421. The van der Waals surface area contributed by atoms with Gasteiger partial charge in [0.05, 0.1) is 0 Å². The Morgan fingerprint density at radius 2 is 1.56 bits per heavy atom. The molecule has 2 nitrogen and oxygen atoms in total. The second-order valence-electron chi connectivity index (χ2n) is 7.21. The Morgan fingerprint density at radius 3 is 2.16 bits per heavy atom. The number of benzene rings is 2. The van der Waals surface area contributed by atoms with Gasteiger partial charge in [0.15, 0.2) is 11.6 Å². The van der Waals surface area contributed by atoms with Crippen LogP contribution in [-0.4, -0.2) is 18.6 Å². The first kappa shape index (κ1) is 19.5. The topological polar surface area (TPSA) is 24.1 Å². The molecule has 0 saturated heterocycles. The van der Waals surface area contributed by atoms with Gasteiger partial charge < -0.3 is 10.6 Å². The lowest BCUT2D eigenvalue weighted by Crippen LogP contribution is -2.40. The van der Waals surface area contributed by atoms with Crippen molar-refractivity contribution in [2.75, 3.05) is 13.1 Å². The van der Waals surface area contributed by atoms with Crippen LogP contribution in [-0.2, 0) is 6.54 Å². The maximum atomic E-state index is 14.1.